The summed E-state index contributed by atoms with van der Waals surface area (Å²) in [5, 5.41) is 3.45. The molecule has 1 heterocycles. The van der Waals surface area contributed by atoms with Crippen molar-refractivity contribution in [3.63, 3.8) is 0 Å². The lowest BCUT2D eigenvalue weighted by molar-refractivity contribution is -0.110. The minimum Gasteiger partial charge on any atom is -0.320 e. The van der Waals surface area contributed by atoms with Crippen LogP contribution in [-0.2, 0) is 4.79 Å². The van der Waals surface area contributed by atoms with Crippen LogP contribution in [0.4, 0.5) is 5.69 Å². The number of halogens is 2. The van der Waals surface area contributed by atoms with Crippen molar-refractivity contribution in [2.75, 3.05) is 5.32 Å². The second-order valence-corrected chi connectivity index (χ2v) is 6.87. The lowest BCUT2D eigenvalue weighted by Gasteiger charge is -2.04. The maximum Gasteiger partial charge on any atom is 0.256 e. The van der Waals surface area contributed by atoms with Gasteiger partial charge in [-0.1, -0.05) is 47.5 Å². The summed E-state index contributed by atoms with van der Waals surface area (Å²) in [6.07, 6.45) is 3.76. The maximum absolute atomic E-state index is 12.5. The molecule has 2 aromatic rings. The average molecular weight is 358 g/mol. The molecular formula is C19H13Cl2NO2. The molecule has 0 bridgehead atoms. The summed E-state index contributed by atoms with van der Waals surface area (Å²) in [7, 11) is 0. The number of hydrogen-bond acceptors (Lipinski definition) is 2. The number of fused-ring (bicyclic) bond motifs is 1. The molecule has 3 nitrogen and oxygen atoms in total. The molecule has 0 saturated heterocycles. The number of rotatable bonds is 3. The quantitative estimate of drug-likeness (QED) is 0.614. The van der Waals surface area contributed by atoms with Crippen molar-refractivity contribution >= 4 is 46.2 Å². The van der Waals surface area contributed by atoms with Gasteiger partial charge in [-0.15, -0.1) is 0 Å². The van der Waals surface area contributed by atoms with Crippen LogP contribution < -0.4 is 5.32 Å². The summed E-state index contributed by atoms with van der Waals surface area (Å²) < 4.78 is 0. The van der Waals surface area contributed by atoms with E-state index in [0.29, 0.717) is 32.8 Å². The smallest absolute Gasteiger partial charge is 0.256 e. The molecule has 0 spiro atoms. The number of anilines is 1. The van der Waals surface area contributed by atoms with Gasteiger partial charge in [0.25, 0.3) is 5.91 Å². The third-order valence-electron chi connectivity index (χ3n) is 4.38. The lowest BCUT2D eigenvalue weighted by atomic mass is 10.0. The second kappa shape index (κ2) is 5.76. The van der Waals surface area contributed by atoms with Crippen molar-refractivity contribution < 1.29 is 9.59 Å². The fourth-order valence-corrected chi connectivity index (χ4v) is 3.38. The molecule has 1 N–H and O–H groups in total. The fraction of sp³-hybridized carbons (Fsp3) is 0.158. The van der Waals surface area contributed by atoms with Gasteiger partial charge in [0.15, 0.2) is 5.78 Å². The summed E-state index contributed by atoms with van der Waals surface area (Å²) in [4.78, 5) is 24.7. The standard InChI is InChI=1S/C19H13Cl2NO2/c20-14-7-8-15(21)18-17(14)13(19(24)22-18)9-16(23)12-5-3-11(4-6-12)10-1-2-10/h3-10H,1-2H2,(H,22,24)/b13-9-. The Morgan fingerprint density at radius 1 is 1.04 bits per heavy atom. The predicted molar refractivity (Wildman–Crippen MR) is 95.8 cm³/mol. The molecule has 0 unspecified atom stereocenters. The van der Waals surface area contributed by atoms with Gasteiger partial charge in [0.1, 0.15) is 0 Å². The number of amides is 1. The van der Waals surface area contributed by atoms with Crippen LogP contribution in [0.15, 0.2) is 42.5 Å². The van der Waals surface area contributed by atoms with Gasteiger partial charge in [-0.05, 0) is 42.5 Å². The van der Waals surface area contributed by atoms with E-state index in [-0.39, 0.29) is 17.3 Å². The van der Waals surface area contributed by atoms with Crippen molar-refractivity contribution in [3.05, 3.63) is 69.2 Å². The minimum absolute atomic E-state index is 0.230. The van der Waals surface area contributed by atoms with Gasteiger partial charge >= 0.3 is 0 Å². The molecular weight excluding hydrogens is 345 g/mol. The van der Waals surface area contributed by atoms with Gasteiger partial charge in [-0.25, -0.2) is 0 Å². The van der Waals surface area contributed by atoms with Gasteiger partial charge < -0.3 is 5.32 Å². The summed E-state index contributed by atoms with van der Waals surface area (Å²) in [6.45, 7) is 0. The van der Waals surface area contributed by atoms with Crippen LogP contribution in [0.1, 0.15) is 40.2 Å². The number of allylic oxidation sites excluding steroid dienone is 1. The normalized spacial score (nSPS) is 17.8. The number of hydrogen-bond donors (Lipinski definition) is 1. The Morgan fingerprint density at radius 2 is 1.71 bits per heavy atom. The summed E-state index contributed by atoms with van der Waals surface area (Å²) in [6, 6.07) is 10.8. The highest BCUT2D eigenvalue weighted by Gasteiger charge is 2.29. The molecule has 5 heteroatoms. The Morgan fingerprint density at radius 3 is 2.38 bits per heavy atom. The van der Waals surface area contributed by atoms with E-state index in [2.05, 4.69) is 5.32 Å². The molecule has 120 valence electrons. The van der Waals surface area contributed by atoms with E-state index >= 15 is 0 Å². The molecule has 0 aromatic heterocycles. The van der Waals surface area contributed by atoms with Crippen molar-refractivity contribution in [3.8, 4) is 0 Å². The zero-order valence-corrected chi connectivity index (χ0v) is 14.1. The van der Waals surface area contributed by atoms with E-state index in [9.17, 15) is 9.59 Å². The SMILES string of the molecule is O=C1Nc2c(Cl)ccc(Cl)c2/C1=C/C(=O)c1ccc(C2CC2)cc1. The molecule has 24 heavy (non-hydrogen) atoms. The van der Waals surface area contributed by atoms with E-state index < -0.39 is 0 Å². The Hall–Kier alpha value is -2.10. The van der Waals surface area contributed by atoms with Crippen molar-refractivity contribution in [2.24, 2.45) is 0 Å². The molecule has 2 aliphatic rings. The number of ketones is 1. The van der Waals surface area contributed by atoms with E-state index in [4.69, 9.17) is 23.2 Å². The Balaban J connectivity index is 1.69. The summed E-state index contributed by atoms with van der Waals surface area (Å²) >= 11 is 12.3. The van der Waals surface area contributed by atoms with Crippen LogP contribution in [0, 0.1) is 0 Å². The van der Waals surface area contributed by atoms with E-state index in [0.717, 1.165) is 0 Å². The first-order valence-corrected chi connectivity index (χ1v) is 8.46. The highest BCUT2D eigenvalue weighted by molar-refractivity contribution is 6.45. The lowest BCUT2D eigenvalue weighted by Crippen LogP contribution is -2.06. The van der Waals surface area contributed by atoms with Crippen LogP contribution in [0.5, 0.6) is 0 Å². The number of nitrogens with one attached hydrogen (secondary N) is 1. The first-order valence-electron chi connectivity index (χ1n) is 7.70. The monoisotopic (exact) mass is 357 g/mol. The van der Waals surface area contributed by atoms with E-state index in [1.54, 1.807) is 24.3 Å². The van der Waals surface area contributed by atoms with Crippen molar-refractivity contribution in [2.45, 2.75) is 18.8 Å². The highest BCUT2D eigenvalue weighted by Crippen LogP contribution is 2.42. The van der Waals surface area contributed by atoms with Crippen molar-refractivity contribution in [1.29, 1.82) is 0 Å². The molecule has 1 amide bonds. The Labute approximate surface area is 149 Å². The zero-order valence-electron chi connectivity index (χ0n) is 12.6. The second-order valence-electron chi connectivity index (χ2n) is 6.05. The minimum atomic E-state index is -0.372. The van der Waals surface area contributed by atoms with Gasteiger partial charge in [-0.2, -0.15) is 0 Å². The molecule has 2 aromatic carbocycles. The molecule has 1 fully saturated rings. The zero-order chi connectivity index (χ0) is 16.8. The van der Waals surface area contributed by atoms with Crippen LogP contribution >= 0.6 is 23.2 Å². The van der Waals surface area contributed by atoms with E-state index in [1.807, 2.05) is 12.1 Å². The molecule has 1 aliphatic carbocycles. The van der Waals surface area contributed by atoms with Crippen LogP contribution in [0.2, 0.25) is 10.0 Å². The fourth-order valence-electron chi connectivity index (χ4n) is 2.92. The van der Waals surface area contributed by atoms with Gasteiger partial charge in [0.05, 0.1) is 21.3 Å². The molecule has 4 rings (SSSR count). The third-order valence-corrected chi connectivity index (χ3v) is 5.01. The third kappa shape index (κ3) is 2.64. The summed E-state index contributed by atoms with van der Waals surface area (Å²) in [5.74, 6) is 0.0373. The van der Waals surface area contributed by atoms with Crippen LogP contribution in [-0.4, -0.2) is 11.7 Å². The molecule has 1 saturated carbocycles. The predicted octanol–water partition coefficient (Wildman–Crippen LogP) is 5.09. The van der Waals surface area contributed by atoms with Crippen LogP contribution in [0.25, 0.3) is 5.57 Å². The Bertz CT molecular complexity index is 896. The molecule has 0 atom stereocenters. The van der Waals surface area contributed by atoms with Gasteiger partial charge in [0, 0.05) is 11.1 Å². The average Bonchev–Trinajstić information content (AvgIpc) is 3.37. The maximum atomic E-state index is 12.5. The molecule has 0 radical (unpaired) electrons. The van der Waals surface area contributed by atoms with Crippen molar-refractivity contribution in [1.82, 2.24) is 0 Å². The largest absolute Gasteiger partial charge is 0.320 e. The molecule has 1 aliphatic heterocycles. The van der Waals surface area contributed by atoms with Gasteiger partial charge in [0.2, 0.25) is 0 Å². The Kier molecular flexibility index (Phi) is 3.70. The summed E-state index contributed by atoms with van der Waals surface area (Å²) in [5.41, 5.74) is 2.99. The topological polar surface area (TPSA) is 46.2 Å². The highest BCUT2D eigenvalue weighted by atomic mass is 35.5. The van der Waals surface area contributed by atoms with E-state index in [1.165, 1.54) is 24.5 Å². The number of carbonyl (C=O) groups is 2. The van der Waals surface area contributed by atoms with Gasteiger partial charge in [-0.3, -0.25) is 9.59 Å². The number of carbonyl (C=O) groups excluding carboxylic acids is 2. The number of benzene rings is 2. The first kappa shape index (κ1) is 15.4. The van der Waals surface area contributed by atoms with Crippen LogP contribution in [0.3, 0.4) is 0 Å². The first-order chi connectivity index (χ1) is 11.5.